The number of rotatable bonds is 7. The van der Waals surface area contributed by atoms with Crippen molar-refractivity contribution in [2.24, 2.45) is 11.7 Å². The Morgan fingerprint density at radius 1 is 1.03 bits per heavy atom. The molecule has 2 aromatic carbocycles. The molecular formula is C26H29ClF7N3O2. The highest BCUT2D eigenvalue weighted by Gasteiger charge is 2.39. The first-order valence-corrected chi connectivity index (χ1v) is 11.9. The summed E-state index contributed by atoms with van der Waals surface area (Å²) < 4.78 is 93.4. The first-order chi connectivity index (χ1) is 17.6. The van der Waals surface area contributed by atoms with E-state index in [0.29, 0.717) is 49.3 Å². The van der Waals surface area contributed by atoms with E-state index in [1.54, 1.807) is 13.0 Å². The second-order valence-corrected chi connectivity index (χ2v) is 9.63. The monoisotopic (exact) mass is 583 g/mol. The minimum Gasteiger partial charge on any atom is -0.370 e. The van der Waals surface area contributed by atoms with Crippen molar-refractivity contribution in [2.75, 3.05) is 26.7 Å². The number of alkyl halides is 6. The molecule has 0 radical (unpaired) electrons. The van der Waals surface area contributed by atoms with Gasteiger partial charge in [0.05, 0.1) is 11.1 Å². The number of likely N-dealkylation sites (tertiary alicyclic amines) is 1. The normalized spacial score (nSPS) is 18.4. The molecule has 0 saturated carbocycles. The Balaban J connectivity index is 0.00000533. The quantitative estimate of drug-likeness (QED) is 0.436. The van der Waals surface area contributed by atoms with E-state index < -0.39 is 59.5 Å². The lowest BCUT2D eigenvalue weighted by molar-refractivity contribution is -0.143. The number of carbonyl (C=O) groups excluding carboxylic acids is 2. The van der Waals surface area contributed by atoms with Gasteiger partial charge in [0.15, 0.2) is 0 Å². The summed E-state index contributed by atoms with van der Waals surface area (Å²) in [6, 6.07) is 5.40. The van der Waals surface area contributed by atoms with Crippen molar-refractivity contribution in [1.29, 1.82) is 0 Å². The highest BCUT2D eigenvalue weighted by molar-refractivity contribution is 5.85. The number of halogens is 8. The molecule has 216 valence electrons. The van der Waals surface area contributed by atoms with Crippen LogP contribution >= 0.6 is 12.4 Å². The summed E-state index contributed by atoms with van der Waals surface area (Å²) >= 11 is 0. The van der Waals surface area contributed by atoms with Crippen molar-refractivity contribution in [2.45, 2.75) is 44.6 Å². The Hall–Kier alpha value is -2.86. The van der Waals surface area contributed by atoms with Crippen LogP contribution in [0.15, 0.2) is 36.4 Å². The van der Waals surface area contributed by atoms with E-state index in [1.807, 2.05) is 4.90 Å². The molecule has 0 spiro atoms. The first kappa shape index (κ1) is 32.4. The van der Waals surface area contributed by atoms with Crippen LogP contribution in [0.4, 0.5) is 30.7 Å². The summed E-state index contributed by atoms with van der Waals surface area (Å²) in [5.74, 6) is -2.52. The SMILES string of the molecule is Cc1cc(F)ccc1[C@@H]1CN(CCC(N)=O)CC[C@H]1C(=O)N(C)Cc1cc(C(F)(F)F)cc(C(F)(F)F)c1.Cl. The van der Waals surface area contributed by atoms with E-state index in [-0.39, 0.29) is 30.5 Å². The summed E-state index contributed by atoms with van der Waals surface area (Å²) in [7, 11) is 1.32. The van der Waals surface area contributed by atoms with Gasteiger partial charge in [0.1, 0.15) is 5.82 Å². The van der Waals surface area contributed by atoms with Crippen LogP contribution in [0.3, 0.4) is 0 Å². The lowest BCUT2D eigenvalue weighted by atomic mass is 9.78. The second-order valence-electron chi connectivity index (χ2n) is 9.63. The van der Waals surface area contributed by atoms with Crippen molar-refractivity contribution in [3.8, 4) is 0 Å². The first-order valence-electron chi connectivity index (χ1n) is 11.9. The third-order valence-electron chi connectivity index (χ3n) is 6.76. The molecule has 0 aromatic heterocycles. The van der Waals surface area contributed by atoms with E-state index >= 15 is 0 Å². The fraction of sp³-hybridized carbons (Fsp3) is 0.462. The van der Waals surface area contributed by atoms with Gasteiger partial charge in [0.2, 0.25) is 11.8 Å². The zero-order valence-electron chi connectivity index (χ0n) is 21.2. The second kappa shape index (κ2) is 12.5. The zero-order chi connectivity index (χ0) is 28.4. The van der Waals surface area contributed by atoms with Crippen LogP contribution in [0, 0.1) is 18.7 Å². The minimum absolute atomic E-state index is 0. The summed E-state index contributed by atoms with van der Waals surface area (Å²) in [4.78, 5) is 27.8. The van der Waals surface area contributed by atoms with Crippen molar-refractivity contribution in [3.05, 3.63) is 70.0 Å². The van der Waals surface area contributed by atoms with Gasteiger partial charge in [-0.25, -0.2) is 4.39 Å². The van der Waals surface area contributed by atoms with Crippen LogP contribution < -0.4 is 5.73 Å². The van der Waals surface area contributed by atoms with E-state index in [2.05, 4.69) is 0 Å². The fourth-order valence-electron chi connectivity index (χ4n) is 4.90. The largest absolute Gasteiger partial charge is 0.416 e. The summed E-state index contributed by atoms with van der Waals surface area (Å²) in [5.41, 5.74) is 3.33. The van der Waals surface area contributed by atoms with Crippen molar-refractivity contribution >= 4 is 24.2 Å². The van der Waals surface area contributed by atoms with Gasteiger partial charge in [-0.05, 0) is 66.9 Å². The maximum atomic E-state index is 13.8. The molecule has 2 N–H and O–H groups in total. The van der Waals surface area contributed by atoms with Crippen molar-refractivity contribution < 1.29 is 40.3 Å². The number of primary amides is 1. The van der Waals surface area contributed by atoms with Crippen molar-refractivity contribution in [3.63, 3.8) is 0 Å². The average molecular weight is 584 g/mol. The van der Waals surface area contributed by atoms with Gasteiger partial charge in [-0.1, -0.05) is 6.07 Å². The topological polar surface area (TPSA) is 66.6 Å². The predicted octanol–water partition coefficient (Wildman–Crippen LogP) is 5.53. The molecule has 0 unspecified atom stereocenters. The molecule has 5 nitrogen and oxygen atoms in total. The smallest absolute Gasteiger partial charge is 0.370 e. The van der Waals surface area contributed by atoms with E-state index in [9.17, 15) is 40.3 Å². The van der Waals surface area contributed by atoms with E-state index in [0.717, 1.165) is 4.90 Å². The number of carbonyl (C=O) groups is 2. The zero-order valence-corrected chi connectivity index (χ0v) is 22.0. The number of aryl methyl sites for hydroxylation is 1. The van der Waals surface area contributed by atoms with E-state index in [1.165, 1.54) is 19.2 Å². The number of hydrogen-bond acceptors (Lipinski definition) is 3. The van der Waals surface area contributed by atoms with Gasteiger partial charge in [-0.2, -0.15) is 26.3 Å². The molecule has 13 heteroatoms. The molecule has 1 saturated heterocycles. The molecule has 1 fully saturated rings. The molecular weight excluding hydrogens is 555 g/mol. The molecule has 2 amide bonds. The Morgan fingerprint density at radius 3 is 2.13 bits per heavy atom. The lowest BCUT2D eigenvalue weighted by Crippen LogP contribution is -2.46. The molecule has 1 aliphatic heterocycles. The van der Waals surface area contributed by atoms with Crippen LogP contribution in [0.2, 0.25) is 0 Å². The Labute approximate surface area is 227 Å². The van der Waals surface area contributed by atoms with Gasteiger partial charge in [0, 0.05) is 44.9 Å². The van der Waals surface area contributed by atoms with Crippen LogP contribution in [0.25, 0.3) is 0 Å². The number of hydrogen-bond donors (Lipinski definition) is 1. The third-order valence-corrected chi connectivity index (χ3v) is 6.76. The van der Waals surface area contributed by atoms with Gasteiger partial charge in [-0.15, -0.1) is 12.4 Å². The maximum absolute atomic E-state index is 13.8. The number of nitrogens with zero attached hydrogens (tertiary/aromatic N) is 2. The molecule has 2 aromatic rings. The van der Waals surface area contributed by atoms with Crippen LogP contribution in [0.1, 0.15) is 46.6 Å². The predicted molar refractivity (Wildman–Crippen MR) is 132 cm³/mol. The molecule has 1 aliphatic rings. The van der Waals surface area contributed by atoms with Gasteiger partial charge < -0.3 is 15.5 Å². The molecule has 39 heavy (non-hydrogen) atoms. The Bertz CT molecular complexity index is 1150. The lowest BCUT2D eigenvalue weighted by Gasteiger charge is -2.40. The molecule has 2 atom stereocenters. The molecule has 0 bridgehead atoms. The minimum atomic E-state index is -5.00. The molecule has 0 aliphatic carbocycles. The van der Waals surface area contributed by atoms with Gasteiger partial charge in [0.25, 0.3) is 0 Å². The third kappa shape index (κ3) is 8.31. The number of benzene rings is 2. The highest BCUT2D eigenvalue weighted by atomic mass is 35.5. The Kier molecular flexibility index (Phi) is 10.4. The number of nitrogens with two attached hydrogens (primary N) is 1. The number of amides is 2. The van der Waals surface area contributed by atoms with Gasteiger partial charge >= 0.3 is 12.4 Å². The Morgan fingerprint density at radius 2 is 1.62 bits per heavy atom. The maximum Gasteiger partial charge on any atom is 0.416 e. The fourth-order valence-corrected chi connectivity index (χ4v) is 4.90. The van der Waals surface area contributed by atoms with Gasteiger partial charge in [-0.3, -0.25) is 9.59 Å². The summed E-state index contributed by atoms with van der Waals surface area (Å²) in [6.07, 6.45) is -9.58. The summed E-state index contributed by atoms with van der Waals surface area (Å²) in [6.45, 7) is 2.34. The number of piperidine rings is 1. The summed E-state index contributed by atoms with van der Waals surface area (Å²) in [5, 5.41) is 0. The standard InChI is InChI=1S/C26H28F7N3O2.ClH/c1-15-9-19(27)3-4-20(15)22-14-36(8-6-23(34)37)7-5-21(22)24(38)35(2)13-16-10-17(25(28,29)30)12-18(11-16)26(31,32)33;/h3-4,9-12,21-22H,5-8,13-14H2,1-2H3,(H2,34,37);1H/t21-,22+;/m1./s1. The average Bonchev–Trinajstić information content (AvgIpc) is 2.81. The highest BCUT2D eigenvalue weighted by Crippen LogP contribution is 2.38. The van der Waals surface area contributed by atoms with Crippen LogP contribution in [-0.4, -0.2) is 48.3 Å². The van der Waals surface area contributed by atoms with Crippen molar-refractivity contribution in [1.82, 2.24) is 9.80 Å². The van der Waals surface area contributed by atoms with E-state index in [4.69, 9.17) is 5.73 Å². The molecule has 1 heterocycles. The van der Waals surface area contributed by atoms with Crippen LogP contribution in [-0.2, 0) is 28.5 Å². The molecule has 3 rings (SSSR count). The van der Waals surface area contributed by atoms with Crippen LogP contribution in [0.5, 0.6) is 0 Å².